The highest BCUT2D eigenvalue weighted by Crippen LogP contribution is 2.29. The monoisotopic (exact) mass is 323 g/mol. The summed E-state index contributed by atoms with van der Waals surface area (Å²) >= 11 is 5.11. The van der Waals surface area contributed by atoms with Crippen molar-refractivity contribution in [3.05, 3.63) is 63.3 Å². The average molecular weight is 323 g/mol. The molecule has 8 heteroatoms. The molecule has 0 saturated carbocycles. The van der Waals surface area contributed by atoms with Gasteiger partial charge in [0.1, 0.15) is 0 Å². The summed E-state index contributed by atoms with van der Waals surface area (Å²) in [5.41, 5.74) is -0.402. The quantitative estimate of drug-likeness (QED) is 0.698. The number of hydrogen-bond acceptors (Lipinski definition) is 3. The van der Waals surface area contributed by atoms with Crippen LogP contribution in [0.25, 0.3) is 16.7 Å². The van der Waals surface area contributed by atoms with Crippen LogP contribution in [0.1, 0.15) is 5.56 Å². The van der Waals surface area contributed by atoms with Crippen LogP contribution in [0.4, 0.5) is 13.2 Å². The van der Waals surface area contributed by atoms with Gasteiger partial charge in [0.05, 0.1) is 16.8 Å². The van der Waals surface area contributed by atoms with Crippen molar-refractivity contribution in [2.24, 2.45) is 0 Å². The second-order valence-electron chi connectivity index (χ2n) is 4.51. The van der Waals surface area contributed by atoms with Crippen LogP contribution in [-0.4, -0.2) is 14.5 Å². The van der Waals surface area contributed by atoms with Crippen LogP contribution in [0, 0.1) is 4.77 Å². The SMILES string of the molecule is O=c1c2ncccc2[nH]c(=S)n1-c1ccc(C(F)(F)F)cc1. The van der Waals surface area contributed by atoms with Crippen molar-refractivity contribution in [1.29, 1.82) is 0 Å². The zero-order valence-corrected chi connectivity index (χ0v) is 11.7. The van der Waals surface area contributed by atoms with Gasteiger partial charge >= 0.3 is 6.18 Å². The standard InChI is InChI=1S/C14H8F3N3OS/c15-14(16,17)8-3-5-9(6-4-8)20-12(21)11-10(19-13(20)22)2-1-7-18-11/h1-7H,(H,19,22). The van der Waals surface area contributed by atoms with Crippen LogP contribution in [0.5, 0.6) is 0 Å². The van der Waals surface area contributed by atoms with Gasteiger partial charge in [-0.15, -0.1) is 0 Å². The number of halogens is 3. The molecule has 4 nitrogen and oxygen atoms in total. The summed E-state index contributed by atoms with van der Waals surface area (Å²) in [6.45, 7) is 0. The zero-order valence-electron chi connectivity index (χ0n) is 10.9. The van der Waals surface area contributed by atoms with E-state index in [0.717, 1.165) is 16.7 Å². The van der Waals surface area contributed by atoms with Crippen LogP contribution in [0.3, 0.4) is 0 Å². The first-order chi connectivity index (χ1) is 10.4. The molecule has 1 aromatic carbocycles. The Morgan fingerprint density at radius 1 is 1.14 bits per heavy atom. The predicted octanol–water partition coefficient (Wildman–Crippen LogP) is 3.46. The first-order valence-corrected chi connectivity index (χ1v) is 6.56. The van der Waals surface area contributed by atoms with Crippen LogP contribution in [0.15, 0.2) is 47.4 Å². The van der Waals surface area contributed by atoms with Crippen LogP contribution >= 0.6 is 12.2 Å². The summed E-state index contributed by atoms with van der Waals surface area (Å²) in [5.74, 6) is 0. The van der Waals surface area contributed by atoms with E-state index in [1.54, 1.807) is 12.1 Å². The Hall–Kier alpha value is -2.48. The van der Waals surface area contributed by atoms with Crippen molar-refractivity contribution in [2.75, 3.05) is 0 Å². The highest BCUT2D eigenvalue weighted by atomic mass is 32.1. The van der Waals surface area contributed by atoms with Crippen molar-refractivity contribution in [3.8, 4) is 5.69 Å². The number of aromatic nitrogens is 3. The van der Waals surface area contributed by atoms with E-state index in [9.17, 15) is 18.0 Å². The molecule has 3 rings (SSSR count). The zero-order chi connectivity index (χ0) is 15.9. The molecule has 0 spiro atoms. The second-order valence-corrected chi connectivity index (χ2v) is 4.90. The van der Waals surface area contributed by atoms with E-state index in [1.165, 1.54) is 18.3 Å². The maximum atomic E-state index is 12.6. The van der Waals surface area contributed by atoms with Gasteiger partial charge in [0.15, 0.2) is 10.3 Å². The number of H-pyrrole nitrogens is 1. The lowest BCUT2D eigenvalue weighted by atomic mass is 10.2. The number of nitrogens with zero attached hydrogens (tertiary/aromatic N) is 2. The molecule has 1 N–H and O–H groups in total. The second kappa shape index (κ2) is 5.06. The number of hydrogen-bond donors (Lipinski definition) is 1. The van der Waals surface area contributed by atoms with Crippen molar-refractivity contribution in [1.82, 2.24) is 14.5 Å². The lowest BCUT2D eigenvalue weighted by Crippen LogP contribution is -2.21. The average Bonchev–Trinajstić information content (AvgIpc) is 2.47. The third-order valence-electron chi connectivity index (χ3n) is 3.11. The maximum absolute atomic E-state index is 12.6. The largest absolute Gasteiger partial charge is 0.416 e. The minimum absolute atomic E-state index is 0.0882. The molecule has 0 unspecified atom stereocenters. The molecule has 0 bridgehead atoms. The molecule has 0 aliphatic heterocycles. The molecule has 0 saturated heterocycles. The Kier molecular flexibility index (Phi) is 3.32. The molecule has 0 atom stereocenters. The Labute approximate surface area is 126 Å². The number of fused-ring (bicyclic) bond motifs is 1. The molecule has 0 aliphatic rings. The van der Waals surface area contributed by atoms with Gasteiger partial charge < -0.3 is 4.98 Å². The summed E-state index contributed by atoms with van der Waals surface area (Å²) in [6, 6.07) is 7.50. The van der Waals surface area contributed by atoms with Crippen molar-refractivity contribution < 1.29 is 13.2 Å². The molecule has 0 amide bonds. The van der Waals surface area contributed by atoms with E-state index in [2.05, 4.69) is 9.97 Å². The Morgan fingerprint density at radius 2 is 1.82 bits per heavy atom. The number of aromatic amines is 1. The molecule has 0 aliphatic carbocycles. The minimum atomic E-state index is -4.43. The van der Waals surface area contributed by atoms with Gasteiger partial charge in [-0.1, -0.05) is 0 Å². The summed E-state index contributed by atoms with van der Waals surface area (Å²) in [4.78, 5) is 19.2. The number of rotatable bonds is 1. The van der Waals surface area contributed by atoms with Crippen molar-refractivity contribution in [2.45, 2.75) is 6.18 Å². The number of nitrogens with one attached hydrogen (secondary N) is 1. The molecular weight excluding hydrogens is 315 g/mol. The van der Waals surface area contributed by atoms with Gasteiger partial charge in [0.25, 0.3) is 5.56 Å². The van der Waals surface area contributed by atoms with Gasteiger partial charge in [-0.3, -0.25) is 9.36 Å². The van der Waals surface area contributed by atoms with E-state index in [-0.39, 0.29) is 16.0 Å². The van der Waals surface area contributed by atoms with E-state index in [0.29, 0.717) is 5.52 Å². The van der Waals surface area contributed by atoms with Gasteiger partial charge in [-0.2, -0.15) is 13.2 Å². The Balaban J connectivity index is 2.23. The third-order valence-corrected chi connectivity index (χ3v) is 3.40. The smallest absolute Gasteiger partial charge is 0.330 e. The van der Waals surface area contributed by atoms with E-state index >= 15 is 0 Å². The molecule has 0 fully saturated rings. The topological polar surface area (TPSA) is 50.7 Å². The lowest BCUT2D eigenvalue weighted by Gasteiger charge is -2.10. The first-order valence-electron chi connectivity index (χ1n) is 6.15. The maximum Gasteiger partial charge on any atom is 0.416 e. The summed E-state index contributed by atoms with van der Waals surface area (Å²) < 4.78 is 39.0. The van der Waals surface area contributed by atoms with E-state index < -0.39 is 17.3 Å². The molecule has 2 heterocycles. The fourth-order valence-electron chi connectivity index (χ4n) is 2.08. The first kappa shape index (κ1) is 14.5. The lowest BCUT2D eigenvalue weighted by molar-refractivity contribution is -0.137. The minimum Gasteiger partial charge on any atom is -0.330 e. The number of alkyl halides is 3. The number of pyridine rings is 1. The highest BCUT2D eigenvalue weighted by molar-refractivity contribution is 7.71. The number of benzene rings is 1. The predicted molar refractivity (Wildman–Crippen MR) is 77.5 cm³/mol. The van der Waals surface area contributed by atoms with Gasteiger partial charge in [0, 0.05) is 6.20 Å². The summed E-state index contributed by atoms with van der Waals surface area (Å²) in [7, 11) is 0. The third kappa shape index (κ3) is 2.41. The van der Waals surface area contributed by atoms with Gasteiger partial charge in [0.2, 0.25) is 0 Å². The van der Waals surface area contributed by atoms with Gasteiger partial charge in [-0.25, -0.2) is 4.98 Å². The van der Waals surface area contributed by atoms with Crippen molar-refractivity contribution in [3.63, 3.8) is 0 Å². The molecule has 22 heavy (non-hydrogen) atoms. The van der Waals surface area contributed by atoms with Crippen LogP contribution in [0.2, 0.25) is 0 Å². The molecule has 2 aromatic heterocycles. The van der Waals surface area contributed by atoms with Crippen molar-refractivity contribution >= 4 is 23.3 Å². The highest BCUT2D eigenvalue weighted by Gasteiger charge is 2.30. The Morgan fingerprint density at radius 3 is 2.45 bits per heavy atom. The molecule has 0 radical (unpaired) electrons. The molecule has 3 aromatic rings. The fraction of sp³-hybridized carbons (Fsp3) is 0.0714. The summed E-state index contributed by atoms with van der Waals surface area (Å²) in [6.07, 6.45) is -2.98. The summed E-state index contributed by atoms with van der Waals surface area (Å²) in [5, 5.41) is 0. The molecular formula is C14H8F3N3OS. The van der Waals surface area contributed by atoms with E-state index in [1.807, 2.05) is 0 Å². The van der Waals surface area contributed by atoms with Crippen LogP contribution < -0.4 is 5.56 Å². The Bertz CT molecular complexity index is 958. The van der Waals surface area contributed by atoms with Gasteiger partial charge in [-0.05, 0) is 48.6 Å². The fourth-order valence-corrected chi connectivity index (χ4v) is 2.38. The molecule has 112 valence electrons. The normalized spacial score (nSPS) is 11.8. The van der Waals surface area contributed by atoms with Crippen LogP contribution in [-0.2, 0) is 6.18 Å². The van der Waals surface area contributed by atoms with E-state index in [4.69, 9.17) is 12.2 Å².